The maximum absolute atomic E-state index is 11.8. The van der Waals surface area contributed by atoms with Gasteiger partial charge in [-0.15, -0.1) is 0 Å². The van der Waals surface area contributed by atoms with Crippen molar-refractivity contribution in [2.24, 2.45) is 5.10 Å². The third kappa shape index (κ3) is 9.13. The van der Waals surface area contributed by atoms with E-state index in [0.29, 0.717) is 17.7 Å². The minimum absolute atomic E-state index is 0.0107. The summed E-state index contributed by atoms with van der Waals surface area (Å²) in [5.74, 6) is -0.182. The number of hydrogen-bond donors (Lipinski definition) is 3. The predicted octanol–water partition coefficient (Wildman–Crippen LogP) is 4.86. The average Bonchev–Trinajstić information content (AvgIpc) is 2.58. The Morgan fingerprint density at radius 3 is 2.20 bits per heavy atom. The number of amides is 1. The van der Waals surface area contributed by atoms with Crippen LogP contribution in [0.25, 0.3) is 0 Å². The molecule has 0 aliphatic heterocycles. The minimum atomic E-state index is -0.111. The number of unbranched alkanes of at least 4 members (excludes halogenated alkanes) is 8. The molecule has 3 N–H and O–H groups in total. The first-order valence-electron chi connectivity index (χ1n) is 9.40. The van der Waals surface area contributed by atoms with E-state index in [1.54, 1.807) is 13.0 Å². The van der Waals surface area contributed by atoms with E-state index in [0.717, 1.165) is 12.8 Å². The summed E-state index contributed by atoms with van der Waals surface area (Å²) in [4.78, 5) is 11.8. The summed E-state index contributed by atoms with van der Waals surface area (Å²) in [5, 5.41) is 23.1. The van der Waals surface area contributed by atoms with Gasteiger partial charge in [0.1, 0.15) is 11.5 Å². The molecular weight excluding hydrogens is 316 g/mol. The van der Waals surface area contributed by atoms with Crippen LogP contribution < -0.4 is 5.43 Å². The lowest BCUT2D eigenvalue weighted by Crippen LogP contribution is -2.18. The normalized spacial score (nSPS) is 11.5. The van der Waals surface area contributed by atoms with E-state index in [-0.39, 0.29) is 17.4 Å². The molecule has 0 heterocycles. The summed E-state index contributed by atoms with van der Waals surface area (Å²) >= 11 is 0. The Morgan fingerprint density at radius 2 is 1.60 bits per heavy atom. The van der Waals surface area contributed by atoms with E-state index in [9.17, 15) is 15.0 Å². The van der Waals surface area contributed by atoms with Crippen LogP contribution in [-0.4, -0.2) is 21.8 Å². The highest BCUT2D eigenvalue weighted by molar-refractivity contribution is 6.01. The van der Waals surface area contributed by atoms with Gasteiger partial charge in [-0.3, -0.25) is 4.79 Å². The van der Waals surface area contributed by atoms with Gasteiger partial charge in [-0.05, 0) is 25.5 Å². The fourth-order valence-corrected chi connectivity index (χ4v) is 2.68. The number of phenols is 2. The standard InChI is InChI=1S/C20H32N2O3/c1-3-4-5-6-7-8-9-10-11-12-20(25)22-21-16(2)18-14-13-17(23)15-19(18)24/h13-15,23-24H,3-12H2,1-2H3,(H,22,25)/b21-16+. The van der Waals surface area contributed by atoms with Gasteiger partial charge in [-0.2, -0.15) is 5.10 Å². The van der Waals surface area contributed by atoms with Crippen molar-refractivity contribution in [1.29, 1.82) is 0 Å². The molecule has 0 spiro atoms. The van der Waals surface area contributed by atoms with Gasteiger partial charge in [-0.25, -0.2) is 5.43 Å². The lowest BCUT2D eigenvalue weighted by Gasteiger charge is -2.06. The number of rotatable bonds is 12. The van der Waals surface area contributed by atoms with Crippen molar-refractivity contribution in [3.05, 3.63) is 23.8 Å². The second-order valence-corrected chi connectivity index (χ2v) is 6.51. The topological polar surface area (TPSA) is 81.9 Å². The molecule has 0 aromatic heterocycles. The lowest BCUT2D eigenvalue weighted by atomic mass is 10.1. The van der Waals surface area contributed by atoms with Crippen molar-refractivity contribution in [2.45, 2.75) is 78.1 Å². The fourth-order valence-electron chi connectivity index (χ4n) is 2.68. The fraction of sp³-hybridized carbons (Fsp3) is 0.600. The van der Waals surface area contributed by atoms with Gasteiger partial charge in [0.2, 0.25) is 5.91 Å². The van der Waals surface area contributed by atoms with Crippen molar-refractivity contribution in [1.82, 2.24) is 5.43 Å². The van der Waals surface area contributed by atoms with Gasteiger partial charge in [0.05, 0.1) is 5.71 Å². The first kappa shape index (κ1) is 21.0. The molecule has 1 amide bonds. The number of nitrogens with zero attached hydrogens (tertiary/aromatic N) is 1. The summed E-state index contributed by atoms with van der Waals surface area (Å²) in [5.41, 5.74) is 3.51. The Hall–Kier alpha value is -2.04. The van der Waals surface area contributed by atoms with Crippen LogP contribution in [0.2, 0.25) is 0 Å². The quantitative estimate of drug-likeness (QED) is 0.287. The van der Waals surface area contributed by atoms with E-state index in [1.807, 2.05) is 0 Å². The average molecular weight is 348 g/mol. The number of carbonyl (C=O) groups excluding carboxylic acids is 1. The van der Waals surface area contributed by atoms with Crippen LogP contribution in [0.1, 0.15) is 83.6 Å². The van der Waals surface area contributed by atoms with Crippen molar-refractivity contribution < 1.29 is 15.0 Å². The Kier molecular flexibility index (Phi) is 10.4. The summed E-state index contributed by atoms with van der Waals surface area (Å²) < 4.78 is 0. The van der Waals surface area contributed by atoms with Crippen LogP contribution in [0.3, 0.4) is 0 Å². The molecule has 0 fully saturated rings. The zero-order valence-electron chi connectivity index (χ0n) is 15.6. The van der Waals surface area contributed by atoms with E-state index in [2.05, 4.69) is 17.5 Å². The van der Waals surface area contributed by atoms with Gasteiger partial charge in [0.25, 0.3) is 0 Å². The molecule has 0 bridgehead atoms. The minimum Gasteiger partial charge on any atom is -0.508 e. The largest absolute Gasteiger partial charge is 0.508 e. The molecule has 1 rings (SSSR count). The second-order valence-electron chi connectivity index (χ2n) is 6.51. The summed E-state index contributed by atoms with van der Waals surface area (Å²) in [6.07, 6.45) is 11.4. The summed E-state index contributed by atoms with van der Waals surface area (Å²) in [6, 6.07) is 4.28. The molecule has 0 aliphatic carbocycles. The highest BCUT2D eigenvalue weighted by atomic mass is 16.3. The third-order valence-electron chi connectivity index (χ3n) is 4.23. The van der Waals surface area contributed by atoms with E-state index >= 15 is 0 Å². The molecule has 5 nitrogen and oxygen atoms in total. The molecule has 0 unspecified atom stereocenters. The van der Waals surface area contributed by atoms with Crippen molar-refractivity contribution in [3.8, 4) is 11.5 Å². The van der Waals surface area contributed by atoms with Crippen molar-refractivity contribution >= 4 is 11.6 Å². The van der Waals surface area contributed by atoms with E-state index in [1.165, 1.54) is 57.1 Å². The second kappa shape index (κ2) is 12.3. The third-order valence-corrected chi connectivity index (χ3v) is 4.23. The Morgan fingerprint density at radius 1 is 1.00 bits per heavy atom. The smallest absolute Gasteiger partial charge is 0.240 e. The van der Waals surface area contributed by atoms with Gasteiger partial charge in [-0.1, -0.05) is 58.3 Å². The SMILES string of the molecule is CCCCCCCCCCCC(=O)N/N=C(\C)c1ccc(O)cc1O. The molecule has 0 atom stereocenters. The van der Waals surface area contributed by atoms with Crippen molar-refractivity contribution in [3.63, 3.8) is 0 Å². The van der Waals surface area contributed by atoms with Crippen LogP contribution in [0.4, 0.5) is 0 Å². The van der Waals surface area contributed by atoms with Crippen LogP contribution in [0, 0.1) is 0 Å². The maximum Gasteiger partial charge on any atom is 0.240 e. The van der Waals surface area contributed by atoms with Crippen LogP contribution >= 0.6 is 0 Å². The van der Waals surface area contributed by atoms with Crippen LogP contribution in [-0.2, 0) is 4.79 Å². The molecule has 0 radical (unpaired) electrons. The molecule has 140 valence electrons. The Bertz CT molecular complexity index is 556. The summed E-state index contributed by atoms with van der Waals surface area (Å²) in [6.45, 7) is 3.93. The molecule has 1 aromatic rings. The number of phenolic OH excluding ortho intramolecular Hbond substituents is 2. The summed E-state index contributed by atoms with van der Waals surface area (Å²) in [7, 11) is 0. The maximum atomic E-state index is 11.8. The molecule has 0 saturated heterocycles. The molecule has 5 heteroatoms. The van der Waals surface area contributed by atoms with E-state index in [4.69, 9.17) is 0 Å². The molecular formula is C20H32N2O3. The van der Waals surface area contributed by atoms with Gasteiger partial charge >= 0.3 is 0 Å². The number of carbonyl (C=O) groups is 1. The zero-order chi connectivity index (χ0) is 18.5. The number of aromatic hydroxyl groups is 2. The Labute approximate surface area is 151 Å². The number of benzene rings is 1. The first-order chi connectivity index (χ1) is 12.0. The van der Waals surface area contributed by atoms with Crippen LogP contribution in [0.15, 0.2) is 23.3 Å². The first-order valence-corrected chi connectivity index (χ1v) is 9.40. The molecule has 25 heavy (non-hydrogen) atoms. The number of hydrogen-bond acceptors (Lipinski definition) is 4. The van der Waals surface area contributed by atoms with Gasteiger partial charge in [0, 0.05) is 18.1 Å². The van der Waals surface area contributed by atoms with Crippen molar-refractivity contribution in [2.75, 3.05) is 0 Å². The van der Waals surface area contributed by atoms with Gasteiger partial charge in [0.15, 0.2) is 0 Å². The lowest BCUT2D eigenvalue weighted by molar-refractivity contribution is -0.121. The number of nitrogens with one attached hydrogen (secondary N) is 1. The Balaban J connectivity index is 2.17. The van der Waals surface area contributed by atoms with Crippen LogP contribution in [0.5, 0.6) is 11.5 Å². The van der Waals surface area contributed by atoms with Gasteiger partial charge < -0.3 is 10.2 Å². The van der Waals surface area contributed by atoms with E-state index < -0.39 is 0 Å². The zero-order valence-corrected chi connectivity index (χ0v) is 15.6. The number of hydrazone groups is 1. The molecule has 0 saturated carbocycles. The molecule has 0 aliphatic rings. The highest BCUT2D eigenvalue weighted by Gasteiger charge is 2.06. The molecule has 1 aromatic carbocycles. The highest BCUT2D eigenvalue weighted by Crippen LogP contribution is 2.22. The predicted molar refractivity (Wildman–Crippen MR) is 102 cm³/mol. The monoisotopic (exact) mass is 348 g/mol.